The fourth-order valence-electron chi connectivity index (χ4n) is 3.21. The summed E-state index contributed by atoms with van der Waals surface area (Å²) in [6.45, 7) is 4.32. The first-order chi connectivity index (χ1) is 12.7. The number of para-hydroxylation sites is 1. The van der Waals surface area contributed by atoms with Crippen LogP contribution < -0.4 is 0 Å². The molecular formula is C24H24FN. The summed E-state index contributed by atoms with van der Waals surface area (Å²) in [5.74, 6) is 6.14. The topological polar surface area (TPSA) is 12.9 Å². The van der Waals surface area contributed by atoms with Crippen molar-refractivity contribution in [1.29, 1.82) is 0 Å². The molecule has 0 aliphatic carbocycles. The van der Waals surface area contributed by atoms with Gasteiger partial charge in [0.2, 0.25) is 0 Å². The third-order valence-corrected chi connectivity index (χ3v) is 4.65. The van der Waals surface area contributed by atoms with Gasteiger partial charge in [-0.25, -0.2) is 4.39 Å². The highest BCUT2D eigenvalue weighted by Crippen LogP contribution is 2.23. The van der Waals surface area contributed by atoms with E-state index in [0.717, 1.165) is 40.6 Å². The van der Waals surface area contributed by atoms with E-state index in [-0.39, 0.29) is 5.82 Å². The van der Waals surface area contributed by atoms with Crippen LogP contribution in [0.2, 0.25) is 0 Å². The highest BCUT2D eigenvalue weighted by molar-refractivity contribution is 5.84. The molecule has 0 unspecified atom stereocenters. The molecule has 2 aromatic carbocycles. The molecule has 1 nitrogen and oxygen atoms in total. The Morgan fingerprint density at radius 3 is 2.62 bits per heavy atom. The fraction of sp³-hybridized carbons (Fsp3) is 0.292. The summed E-state index contributed by atoms with van der Waals surface area (Å²) in [6, 6.07) is 14.6. The lowest BCUT2D eigenvalue weighted by Gasteiger charge is -2.11. The largest absolute Gasteiger partial charge is 0.252 e. The van der Waals surface area contributed by atoms with E-state index in [9.17, 15) is 4.39 Å². The van der Waals surface area contributed by atoms with Crippen LogP contribution in [-0.4, -0.2) is 4.98 Å². The Hall–Kier alpha value is -2.66. The van der Waals surface area contributed by atoms with Crippen LogP contribution in [0.3, 0.4) is 0 Å². The van der Waals surface area contributed by atoms with Gasteiger partial charge in [-0.2, -0.15) is 0 Å². The first-order valence-corrected chi connectivity index (χ1v) is 9.35. The number of hydrogen-bond donors (Lipinski definition) is 0. The average molecular weight is 345 g/mol. The van der Waals surface area contributed by atoms with E-state index in [1.54, 1.807) is 6.07 Å². The van der Waals surface area contributed by atoms with Gasteiger partial charge in [0.25, 0.3) is 0 Å². The van der Waals surface area contributed by atoms with Gasteiger partial charge in [-0.1, -0.05) is 62.3 Å². The van der Waals surface area contributed by atoms with E-state index in [1.165, 1.54) is 31.4 Å². The third-order valence-electron chi connectivity index (χ3n) is 4.65. The number of benzene rings is 2. The van der Waals surface area contributed by atoms with Crippen molar-refractivity contribution in [3.63, 3.8) is 0 Å². The molecule has 0 N–H and O–H groups in total. The Balaban J connectivity index is 2.02. The second-order valence-corrected chi connectivity index (χ2v) is 6.65. The summed E-state index contributed by atoms with van der Waals surface area (Å²) in [4.78, 5) is 4.89. The van der Waals surface area contributed by atoms with Crippen molar-refractivity contribution in [2.75, 3.05) is 0 Å². The number of unbranched alkanes of at least 4 members (excludes halogenated alkanes) is 3. The molecule has 3 rings (SSSR count). The van der Waals surface area contributed by atoms with E-state index in [4.69, 9.17) is 4.98 Å². The Labute approximate surface area is 155 Å². The molecule has 132 valence electrons. The van der Waals surface area contributed by atoms with Gasteiger partial charge in [-0.05, 0) is 49.6 Å². The first-order valence-electron chi connectivity index (χ1n) is 9.35. The number of hydrogen-bond acceptors (Lipinski definition) is 1. The molecule has 2 heteroatoms. The Kier molecular flexibility index (Phi) is 6.02. The maximum Gasteiger partial charge on any atom is 0.124 e. The van der Waals surface area contributed by atoms with Crippen LogP contribution in [0.5, 0.6) is 0 Å². The SMILES string of the molecule is CCCCCCc1nc2ccccc2c(C)c1C#Cc1cccc(F)c1. The average Bonchev–Trinajstić information content (AvgIpc) is 2.65. The van der Waals surface area contributed by atoms with Gasteiger partial charge in [0, 0.05) is 16.5 Å². The number of fused-ring (bicyclic) bond motifs is 1. The minimum atomic E-state index is -0.259. The van der Waals surface area contributed by atoms with Gasteiger partial charge in [-0.15, -0.1) is 0 Å². The summed E-state index contributed by atoms with van der Waals surface area (Å²) in [6.07, 6.45) is 5.72. The monoisotopic (exact) mass is 345 g/mol. The summed E-state index contributed by atoms with van der Waals surface area (Å²) in [5, 5.41) is 1.13. The third kappa shape index (κ3) is 4.29. The molecule has 0 aliphatic heterocycles. The van der Waals surface area contributed by atoms with E-state index >= 15 is 0 Å². The van der Waals surface area contributed by atoms with Gasteiger partial charge in [0.05, 0.1) is 11.2 Å². The number of aromatic nitrogens is 1. The predicted octanol–water partition coefficient (Wildman–Crippen LogP) is 6.20. The van der Waals surface area contributed by atoms with Crippen molar-refractivity contribution in [3.05, 3.63) is 76.7 Å². The second-order valence-electron chi connectivity index (χ2n) is 6.65. The van der Waals surface area contributed by atoms with Gasteiger partial charge in [0.15, 0.2) is 0 Å². The van der Waals surface area contributed by atoms with Gasteiger partial charge < -0.3 is 0 Å². The zero-order valence-corrected chi connectivity index (χ0v) is 15.5. The smallest absolute Gasteiger partial charge is 0.124 e. The maximum atomic E-state index is 13.4. The van der Waals surface area contributed by atoms with Crippen molar-refractivity contribution in [3.8, 4) is 11.8 Å². The fourth-order valence-corrected chi connectivity index (χ4v) is 3.21. The van der Waals surface area contributed by atoms with E-state index < -0.39 is 0 Å². The van der Waals surface area contributed by atoms with Crippen LogP contribution in [0.4, 0.5) is 4.39 Å². The van der Waals surface area contributed by atoms with Crippen molar-refractivity contribution < 1.29 is 4.39 Å². The molecule has 0 spiro atoms. The van der Waals surface area contributed by atoms with Crippen LogP contribution >= 0.6 is 0 Å². The van der Waals surface area contributed by atoms with Crippen LogP contribution in [0.15, 0.2) is 48.5 Å². The van der Waals surface area contributed by atoms with Crippen LogP contribution in [0.1, 0.15) is 55.0 Å². The molecule has 0 radical (unpaired) electrons. The Bertz CT molecular complexity index is 963. The van der Waals surface area contributed by atoms with Crippen molar-refractivity contribution in [1.82, 2.24) is 4.98 Å². The minimum Gasteiger partial charge on any atom is -0.252 e. The highest BCUT2D eigenvalue weighted by Gasteiger charge is 2.10. The molecule has 1 aromatic heterocycles. The van der Waals surface area contributed by atoms with E-state index in [0.29, 0.717) is 5.56 Å². The number of aryl methyl sites for hydroxylation is 2. The van der Waals surface area contributed by atoms with Crippen molar-refractivity contribution >= 4 is 10.9 Å². The lowest BCUT2D eigenvalue weighted by Crippen LogP contribution is -2.00. The maximum absolute atomic E-state index is 13.4. The lowest BCUT2D eigenvalue weighted by molar-refractivity contribution is 0.627. The standard InChI is InChI=1S/C24H24FN/c1-3-4-5-6-13-24-22(16-15-19-10-9-11-20(25)17-19)18(2)21-12-7-8-14-23(21)26-24/h7-12,14,17H,3-6,13H2,1-2H3. The number of halogens is 1. The number of rotatable bonds is 5. The van der Waals surface area contributed by atoms with E-state index in [2.05, 4.69) is 37.8 Å². The van der Waals surface area contributed by atoms with Crippen LogP contribution in [-0.2, 0) is 6.42 Å². The summed E-state index contributed by atoms with van der Waals surface area (Å²) >= 11 is 0. The summed E-state index contributed by atoms with van der Waals surface area (Å²) in [5.41, 5.74) is 4.91. The second kappa shape index (κ2) is 8.63. The van der Waals surface area contributed by atoms with Crippen LogP contribution in [0, 0.1) is 24.6 Å². The molecule has 3 aromatic rings. The first kappa shape index (κ1) is 18.1. The molecule has 0 aliphatic rings. The van der Waals surface area contributed by atoms with Gasteiger partial charge in [0.1, 0.15) is 5.82 Å². The van der Waals surface area contributed by atoms with Crippen molar-refractivity contribution in [2.45, 2.75) is 46.0 Å². The Morgan fingerprint density at radius 1 is 0.962 bits per heavy atom. The molecule has 0 atom stereocenters. The molecule has 1 heterocycles. The molecule has 26 heavy (non-hydrogen) atoms. The Morgan fingerprint density at radius 2 is 1.81 bits per heavy atom. The molecule has 0 saturated heterocycles. The molecule has 0 amide bonds. The molecule has 0 bridgehead atoms. The number of nitrogens with zero attached hydrogens (tertiary/aromatic N) is 1. The zero-order valence-electron chi connectivity index (χ0n) is 15.5. The van der Waals surface area contributed by atoms with Gasteiger partial charge in [-0.3, -0.25) is 4.98 Å². The molecule has 0 saturated carbocycles. The molecule has 0 fully saturated rings. The van der Waals surface area contributed by atoms with Crippen LogP contribution in [0.25, 0.3) is 10.9 Å². The normalized spacial score (nSPS) is 10.6. The predicted molar refractivity (Wildman–Crippen MR) is 107 cm³/mol. The summed E-state index contributed by atoms with van der Waals surface area (Å²) in [7, 11) is 0. The minimum absolute atomic E-state index is 0.259. The lowest BCUT2D eigenvalue weighted by atomic mass is 9.98. The van der Waals surface area contributed by atoms with Gasteiger partial charge >= 0.3 is 0 Å². The number of pyridine rings is 1. The quantitative estimate of drug-likeness (QED) is 0.396. The zero-order chi connectivity index (χ0) is 18.4. The molecular weight excluding hydrogens is 321 g/mol. The van der Waals surface area contributed by atoms with E-state index in [1.807, 2.05) is 18.2 Å². The van der Waals surface area contributed by atoms with Crippen molar-refractivity contribution in [2.24, 2.45) is 0 Å². The highest BCUT2D eigenvalue weighted by atomic mass is 19.1. The summed E-state index contributed by atoms with van der Waals surface area (Å²) < 4.78 is 13.4.